The van der Waals surface area contributed by atoms with Crippen molar-refractivity contribution in [1.29, 1.82) is 0 Å². The summed E-state index contributed by atoms with van der Waals surface area (Å²) >= 11 is 0. The van der Waals surface area contributed by atoms with E-state index in [1.54, 1.807) is 0 Å². The van der Waals surface area contributed by atoms with Crippen molar-refractivity contribution < 1.29 is 9.53 Å². The van der Waals surface area contributed by atoms with Crippen LogP contribution in [0.3, 0.4) is 0 Å². The van der Waals surface area contributed by atoms with Crippen LogP contribution in [0, 0.1) is 11.8 Å². The molecule has 1 aromatic rings. The van der Waals surface area contributed by atoms with Crippen molar-refractivity contribution in [1.82, 2.24) is 15.2 Å². The van der Waals surface area contributed by atoms with Gasteiger partial charge in [0.05, 0.1) is 18.5 Å². The summed E-state index contributed by atoms with van der Waals surface area (Å²) in [4.78, 5) is 24.9. The molecule has 0 spiro atoms. The van der Waals surface area contributed by atoms with Crippen LogP contribution in [-0.4, -0.2) is 67.6 Å². The number of aliphatic imine (C=N–C) groups is 1. The Balaban J connectivity index is 1.32. The summed E-state index contributed by atoms with van der Waals surface area (Å²) in [6, 6.07) is 4.43. The van der Waals surface area contributed by atoms with E-state index in [9.17, 15) is 4.79 Å². The van der Waals surface area contributed by atoms with Crippen LogP contribution in [0.1, 0.15) is 46.0 Å². The Morgan fingerprint density at radius 3 is 2.68 bits per heavy atom. The fourth-order valence-corrected chi connectivity index (χ4v) is 4.15. The zero-order valence-electron chi connectivity index (χ0n) is 19.2. The van der Waals surface area contributed by atoms with Crippen LogP contribution < -0.4 is 20.7 Å². The van der Waals surface area contributed by atoms with Crippen molar-refractivity contribution in [2.45, 2.75) is 52.0 Å². The van der Waals surface area contributed by atoms with E-state index in [0.29, 0.717) is 30.3 Å². The summed E-state index contributed by atoms with van der Waals surface area (Å²) in [7, 11) is 2.02. The molecule has 0 bridgehead atoms. The maximum Gasteiger partial charge on any atom is 0.345 e. The van der Waals surface area contributed by atoms with Crippen LogP contribution in [-0.2, 0) is 0 Å². The third-order valence-electron chi connectivity index (χ3n) is 6.39. The first-order valence-corrected chi connectivity index (χ1v) is 11.6. The molecule has 1 atom stereocenters. The van der Waals surface area contributed by atoms with Gasteiger partial charge in [0.15, 0.2) is 0 Å². The van der Waals surface area contributed by atoms with E-state index in [0.717, 1.165) is 57.5 Å². The Bertz CT molecular complexity index is 728. The average Bonchev–Trinajstić information content (AvgIpc) is 3.27. The minimum Gasteiger partial charge on any atom is -0.478 e. The van der Waals surface area contributed by atoms with Gasteiger partial charge in [-0.2, -0.15) is 4.99 Å². The quantitative estimate of drug-likeness (QED) is 0.374. The van der Waals surface area contributed by atoms with Gasteiger partial charge in [-0.25, -0.2) is 9.78 Å². The first-order chi connectivity index (χ1) is 15.0. The van der Waals surface area contributed by atoms with Gasteiger partial charge in [0, 0.05) is 44.2 Å². The molecular formula is C23H38N6O2. The number of likely N-dealkylation sites (N-methyl/N-ethyl adjacent to an activating group) is 1. The van der Waals surface area contributed by atoms with Gasteiger partial charge in [-0.1, -0.05) is 13.8 Å². The number of nitrogens with zero attached hydrogens (tertiary/aromatic N) is 4. The number of anilines is 1. The maximum atomic E-state index is 12.2. The number of nitrogens with two attached hydrogens (primary N) is 1. The van der Waals surface area contributed by atoms with Gasteiger partial charge >= 0.3 is 6.03 Å². The molecule has 2 aliphatic rings. The highest BCUT2D eigenvalue weighted by Crippen LogP contribution is 2.24. The minimum atomic E-state index is -0.196. The van der Waals surface area contributed by atoms with Crippen LogP contribution in [0.25, 0.3) is 0 Å². The van der Waals surface area contributed by atoms with Gasteiger partial charge < -0.3 is 25.6 Å². The Morgan fingerprint density at radius 1 is 1.29 bits per heavy atom. The fraction of sp³-hybridized carbons (Fsp3) is 0.696. The van der Waals surface area contributed by atoms with Crippen molar-refractivity contribution in [3.63, 3.8) is 0 Å². The number of hydrogen-bond acceptors (Lipinski definition) is 5. The molecule has 2 amide bonds. The number of amidine groups is 1. The van der Waals surface area contributed by atoms with E-state index in [4.69, 9.17) is 10.5 Å². The second-order valence-electron chi connectivity index (χ2n) is 8.97. The molecule has 0 saturated carbocycles. The predicted molar refractivity (Wildman–Crippen MR) is 125 cm³/mol. The zero-order chi connectivity index (χ0) is 22.2. The maximum absolute atomic E-state index is 12.2. The summed E-state index contributed by atoms with van der Waals surface area (Å²) in [5.74, 6) is 1.82. The molecule has 2 saturated heterocycles. The van der Waals surface area contributed by atoms with Gasteiger partial charge in [-0.15, -0.1) is 0 Å². The first-order valence-electron chi connectivity index (χ1n) is 11.6. The van der Waals surface area contributed by atoms with E-state index in [-0.39, 0.29) is 11.9 Å². The number of hydrogen-bond donors (Lipinski definition) is 2. The van der Waals surface area contributed by atoms with Crippen LogP contribution >= 0.6 is 0 Å². The lowest BCUT2D eigenvalue weighted by molar-refractivity contribution is 0.172. The molecule has 1 unspecified atom stereocenters. The highest BCUT2D eigenvalue weighted by Gasteiger charge is 2.23. The number of carbonyl (C=O) groups is 1. The van der Waals surface area contributed by atoms with Crippen molar-refractivity contribution >= 4 is 17.6 Å². The average molecular weight is 431 g/mol. The van der Waals surface area contributed by atoms with Gasteiger partial charge in [0.25, 0.3) is 0 Å². The fourth-order valence-electron chi connectivity index (χ4n) is 4.15. The topological polar surface area (TPSA) is 96.1 Å². The van der Waals surface area contributed by atoms with Crippen molar-refractivity contribution in [3.8, 4) is 5.88 Å². The summed E-state index contributed by atoms with van der Waals surface area (Å²) in [5.41, 5.74) is 6.97. The molecule has 172 valence electrons. The minimum absolute atomic E-state index is 0.0955. The van der Waals surface area contributed by atoms with Crippen LogP contribution in [0.15, 0.2) is 23.3 Å². The van der Waals surface area contributed by atoms with Crippen LogP contribution in [0.2, 0.25) is 0 Å². The van der Waals surface area contributed by atoms with Gasteiger partial charge in [-0.05, 0) is 51.1 Å². The molecule has 0 aromatic carbocycles. The number of pyridine rings is 1. The summed E-state index contributed by atoms with van der Waals surface area (Å²) in [5, 5.41) is 3.34. The molecule has 3 rings (SSSR count). The smallest absolute Gasteiger partial charge is 0.345 e. The van der Waals surface area contributed by atoms with E-state index >= 15 is 0 Å². The third kappa shape index (κ3) is 6.82. The normalized spacial score (nSPS) is 20.5. The number of piperidine rings is 1. The van der Waals surface area contributed by atoms with Gasteiger partial charge in [0.2, 0.25) is 5.88 Å². The Labute approximate surface area is 186 Å². The number of carbonyl (C=O) groups excluding carboxylic acids is 1. The highest BCUT2D eigenvalue weighted by atomic mass is 16.5. The number of amides is 2. The summed E-state index contributed by atoms with van der Waals surface area (Å²) in [6.07, 6.45) is 7.21. The molecule has 3 N–H and O–H groups in total. The Hall–Kier alpha value is -2.35. The largest absolute Gasteiger partial charge is 0.478 e. The molecule has 1 aromatic heterocycles. The molecule has 2 fully saturated rings. The lowest BCUT2D eigenvalue weighted by Gasteiger charge is -2.30. The molecule has 8 nitrogen and oxygen atoms in total. The van der Waals surface area contributed by atoms with Gasteiger partial charge in [0.1, 0.15) is 5.84 Å². The van der Waals surface area contributed by atoms with Crippen molar-refractivity contribution in [2.75, 3.05) is 44.7 Å². The number of likely N-dealkylation sites (tertiary alicyclic amines) is 1. The Kier molecular flexibility index (Phi) is 8.51. The molecule has 31 heavy (non-hydrogen) atoms. The molecule has 0 aliphatic carbocycles. The van der Waals surface area contributed by atoms with Crippen LogP contribution in [0.4, 0.5) is 10.5 Å². The standard InChI is InChI=1S/C23H38N6O2/c1-17(2)22(24)27-23(30)28-11-8-18(9-12-28)5-4-14-31-21-7-6-20(15-26-21)29-13-10-19(16-29)25-3/h6-7,15,17-19,25H,4-5,8-14,16H2,1-3H3,(H2,24,27,30). The zero-order valence-corrected chi connectivity index (χ0v) is 19.2. The number of urea groups is 1. The van der Waals surface area contributed by atoms with Gasteiger partial charge in [-0.3, -0.25) is 0 Å². The monoisotopic (exact) mass is 430 g/mol. The molecule has 2 aliphatic heterocycles. The molecule has 3 heterocycles. The van der Waals surface area contributed by atoms with E-state index in [1.807, 2.05) is 38.1 Å². The number of rotatable bonds is 8. The SMILES string of the molecule is CNC1CCN(c2ccc(OCCCC3CCN(C(=O)/N=C(\N)C(C)C)CC3)nc2)C1. The van der Waals surface area contributed by atoms with E-state index < -0.39 is 0 Å². The second kappa shape index (κ2) is 11.3. The van der Waals surface area contributed by atoms with E-state index in [2.05, 4.69) is 26.3 Å². The first kappa shape index (κ1) is 23.3. The number of aromatic nitrogens is 1. The Morgan fingerprint density at radius 2 is 2.06 bits per heavy atom. The summed E-state index contributed by atoms with van der Waals surface area (Å²) in [6.45, 7) is 8.16. The lowest BCUT2D eigenvalue weighted by atomic mass is 9.92. The summed E-state index contributed by atoms with van der Waals surface area (Å²) < 4.78 is 5.84. The third-order valence-corrected chi connectivity index (χ3v) is 6.39. The number of nitrogens with one attached hydrogen (secondary N) is 1. The predicted octanol–water partition coefficient (Wildman–Crippen LogP) is 2.88. The van der Waals surface area contributed by atoms with Crippen LogP contribution in [0.5, 0.6) is 5.88 Å². The highest BCUT2D eigenvalue weighted by molar-refractivity contribution is 5.93. The van der Waals surface area contributed by atoms with Crippen molar-refractivity contribution in [2.24, 2.45) is 22.6 Å². The molecule has 8 heteroatoms. The van der Waals surface area contributed by atoms with E-state index in [1.165, 1.54) is 6.42 Å². The second-order valence-corrected chi connectivity index (χ2v) is 8.97. The van der Waals surface area contributed by atoms with Crippen molar-refractivity contribution in [3.05, 3.63) is 18.3 Å². The number of ether oxygens (including phenoxy) is 1. The molecule has 0 radical (unpaired) electrons. The lowest BCUT2D eigenvalue weighted by Crippen LogP contribution is -2.38. The molecular weight excluding hydrogens is 392 g/mol.